The predicted octanol–water partition coefficient (Wildman–Crippen LogP) is 0.917. The van der Waals surface area contributed by atoms with E-state index in [0.717, 1.165) is 6.54 Å². The average molecular weight is 141 g/mol. The van der Waals surface area contributed by atoms with Crippen LogP contribution in [-0.2, 0) is 4.79 Å². The van der Waals surface area contributed by atoms with Crippen molar-refractivity contribution in [3.05, 3.63) is 0 Å². The van der Waals surface area contributed by atoms with Crippen molar-refractivity contribution in [2.24, 2.45) is 5.41 Å². The molecular weight excluding hydrogens is 126 g/mol. The Morgan fingerprint density at radius 2 is 1.90 bits per heavy atom. The number of hydrogen-bond donors (Lipinski definition) is 0. The predicted molar refractivity (Wildman–Crippen MR) is 40.9 cm³/mol. The van der Waals surface area contributed by atoms with Crippen LogP contribution in [0.5, 0.6) is 0 Å². The molecule has 1 heterocycles. The van der Waals surface area contributed by atoms with Crippen molar-refractivity contribution in [2.75, 3.05) is 19.6 Å². The highest BCUT2D eigenvalue weighted by Gasteiger charge is 2.26. The minimum absolute atomic E-state index is 0.334. The van der Waals surface area contributed by atoms with Crippen LogP contribution >= 0.6 is 0 Å². The fourth-order valence-corrected chi connectivity index (χ4v) is 1.24. The largest absolute Gasteiger partial charge is 0.297 e. The van der Waals surface area contributed by atoms with Gasteiger partial charge in [0.05, 0.1) is 13.1 Å². The Balaban J connectivity index is 2.22. The molecule has 0 saturated carbocycles. The van der Waals surface area contributed by atoms with Gasteiger partial charge < -0.3 is 0 Å². The zero-order chi connectivity index (χ0) is 7.78. The van der Waals surface area contributed by atoms with Crippen molar-refractivity contribution in [3.63, 3.8) is 0 Å². The molecule has 58 valence electrons. The second-order valence-corrected chi connectivity index (χ2v) is 4.24. The van der Waals surface area contributed by atoms with Gasteiger partial charge in [-0.15, -0.1) is 0 Å². The number of ketones is 1. The first-order valence-electron chi connectivity index (χ1n) is 3.71. The molecule has 0 bridgehead atoms. The summed E-state index contributed by atoms with van der Waals surface area (Å²) in [6, 6.07) is 0. The van der Waals surface area contributed by atoms with Gasteiger partial charge in [0.15, 0.2) is 5.78 Å². The molecule has 2 nitrogen and oxygen atoms in total. The number of nitrogens with zero attached hydrogens (tertiary/aromatic N) is 1. The second kappa shape index (κ2) is 2.35. The summed E-state index contributed by atoms with van der Waals surface area (Å²) in [6.07, 6.45) is 0. The van der Waals surface area contributed by atoms with Crippen LogP contribution in [0.3, 0.4) is 0 Å². The van der Waals surface area contributed by atoms with Gasteiger partial charge in [-0.1, -0.05) is 20.8 Å². The molecule has 0 aromatic carbocycles. The maximum atomic E-state index is 10.6. The van der Waals surface area contributed by atoms with Crippen molar-refractivity contribution in [3.8, 4) is 0 Å². The Morgan fingerprint density at radius 3 is 2.20 bits per heavy atom. The first kappa shape index (κ1) is 7.73. The van der Waals surface area contributed by atoms with Crippen LogP contribution < -0.4 is 0 Å². The van der Waals surface area contributed by atoms with Crippen molar-refractivity contribution in [2.45, 2.75) is 20.8 Å². The third kappa shape index (κ3) is 2.10. The first-order chi connectivity index (χ1) is 4.47. The number of rotatable bonds is 1. The smallest absolute Gasteiger partial charge is 0.160 e. The molecule has 0 spiro atoms. The summed E-state index contributed by atoms with van der Waals surface area (Å²) < 4.78 is 0. The van der Waals surface area contributed by atoms with Crippen molar-refractivity contribution in [1.82, 2.24) is 4.90 Å². The number of carbonyl (C=O) groups excluding carboxylic acids is 1. The third-order valence-corrected chi connectivity index (χ3v) is 1.50. The summed E-state index contributed by atoms with van der Waals surface area (Å²) in [5.74, 6) is 0.379. The monoisotopic (exact) mass is 141 g/mol. The van der Waals surface area contributed by atoms with Crippen LogP contribution in [0.4, 0.5) is 0 Å². The van der Waals surface area contributed by atoms with E-state index in [1.165, 1.54) is 0 Å². The molecule has 0 aliphatic carbocycles. The Hall–Kier alpha value is -0.370. The zero-order valence-electron chi connectivity index (χ0n) is 6.98. The first-order valence-corrected chi connectivity index (χ1v) is 3.71. The lowest BCUT2D eigenvalue weighted by Gasteiger charge is -2.34. The Kier molecular flexibility index (Phi) is 1.82. The van der Waals surface area contributed by atoms with Crippen LogP contribution in [0.1, 0.15) is 20.8 Å². The van der Waals surface area contributed by atoms with Gasteiger partial charge in [0.2, 0.25) is 0 Å². The van der Waals surface area contributed by atoms with E-state index in [0.29, 0.717) is 24.3 Å². The summed E-state index contributed by atoms with van der Waals surface area (Å²) in [6.45, 7) is 8.97. The maximum absolute atomic E-state index is 10.6. The minimum atomic E-state index is 0.334. The molecule has 0 N–H and O–H groups in total. The molecule has 1 aliphatic heterocycles. The van der Waals surface area contributed by atoms with E-state index in [1.807, 2.05) is 0 Å². The molecule has 1 aliphatic rings. The van der Waals surface area contributed by atoms with E-state index in [9.17, 15) is 4.79 Å². The minimum Gasteiger partial charge on any atom is -0.297 e. The van der Waals surface area contributed by atoms with Crippen LogP contribution in [0.2, 0.25) is 0 Å². The Morgan fingerprint density at radius 1 is 1.40 bits per heavy atom. The second-order valence-electron chi connectivity index (χ2n) is 4.24. The lowest BCUT2D eigenvalue weighted by molar-refractivity contribution is -0.129. The lowest BCUT2D eigenvalue weighted by Crippen LogP contribution is -2.50. The van der Waals surface area contributed by atoms with Crippen LogP contribution in [-0.4, -0.2) is 30.3 Å². The fourth-order valence-electron chi connectivity index (χ4n) is 1.24. The highest BCUT2D eigenvalue weighted by molar-refractivity contribution is 5.87. The van der Waals surface area contributed by atoms with E-state index in [4.69, 9.17) is 0 Å². The molecule has 0 unspecified atom stereocenters. The molecule has 1 fully saturated rings. The third-order valence-electron chi connectivity index (χ3n) is 1.50. The van der Waals surface area contributed by atoms with Gasteiger partial charge in [0.1, 0.15) is 0 Å². The molecule has 2 heteroatoms. The number of Topliss-reactive ketones (excluding diaryl/α,β-unsaturated/α-hetero) is 1. The summed E-state index contributed by atoms with van der Waals surface area (Å²) in [7, 11) is 0. The summed E-state index contributed by atoms with van der Waals surface area (Å²) in [4.78, 5) is 12.7. The van der Waals surface area contributed by atoms with Crippen molar-refractivity contribution >= 4 is 5.78 Å². The quantitative estimate of drug-likeness (QED) is 0.541. The Bertz CT molecular complexity index is 138. The SMILES string of the molecule is CC(C)(C)CN1CC(=O)C1. The number of carbonyl (C=O) groups is 1. The van der Waals surface area contributed by atoms with Crippen molar-refractivity contribution < 1.29 is 4.79 Å². The van der Waals surface area contributed by atoms with Gasteiger partial charge in [0.25, 0.3) is 0 Å². The molecular formula is C8H15NO. The van der Waals surface area contributed by atoms with E-state index >= 15 is 0 Å². The normalized spacial score (nSPS) is 20.9. The highest BCUT2D eigenvalue weighted by Crippen LogP contribution is 2.17. The zero-order valence-corrected chi connectivity index (χ0v) is 6.98. The van der Waals surface area contributed by atoms with Gasteiger partial charge in [-0.2, -0.15) is 0 Å². The van der Waals surface area contributed by atoms with E-state index in [-0.39, 0.29) is 0 Å². The lowest BCUT2D eigenvalue weighted by atomic mass is 9.94. The van der Waals surface area contributed by atoms with Crippen molar-refractivity contribution in [1.29, 1.82) is 0 Å². The highest BCUT2D eigenvalue weighted by atomic mass is 16.1. The van der Waals surface area contributed by atoms with Gasteiger partial charge in [-0.3, -0.25) is 9.69 Å². The van der Waals surface area contributed by atoms with Crippen LogP contribution in [0, 0.1) is 5.41 Å². The molecule has 0 aromatic rings. The molecule has 0 radical (unpaired) electrons. The maximum Gasteiger partial charge on any atom is 0.160 e. The molecule has 0 atom stereocenters. The standard InChI is InChI=1S/C8H15NO/c1-8(2,3)6-9-4-7(10)5-9/h4-6H2,1-3H3. The number of hydrogen-bond acceptors (Lipinski definition) is 2. The van der Waals surface area contributed by atoms with Gasteiger partial charge >= 0.3 is 0 Å². The van der Waals surface area contributed by atoms with Crippen LogP contribution in [0.25, 0.3) is 0 Å². The molecule has 1 saturated heterocycles. The molecule has 10 heavy (non-hydrogen) atoms. The Labute approximate surface area is 62.2 Å². The van der Waals surface area contributed by atoms with E-state index in [2.05, 4.69) is 25.7 Å². The van der Waals surface area contributed by atoms with Gasteiger partial charge in [-0.05, 0) is 5.41 Å². The summed E-state index contributed by atoms with van der Waals surface area (Å²) in [5.41, 5.74) is 0.334. The number of likely N-dealkylation sites (tertiary alicyclic amines) is 1. The van der Waals surface area contributed by atoms with E-state index in [1.54, 1.807) is 0 Å². The van der Waals surface area contributed by atoms with E-state index < -0.39 is 0 Å². The molecule has 0 aromatic heterocycles. The summed E-state index contributed by atoms with van der Waals surface area (Å²) in [5, 5.41) is 0. The topological polar surface area (TPSA) is 20.3 Å². The average Bonchev–Trinajstić information content (AvgIpc) is 1.57. The molecule has 1 rings (SSSR count). The van der Waals surface area contributed by atoms with Gasteiger partial charge in [0, 0.05) is 6.54 Å². The fraction of sp³-hybridized carbons (Fsp3) is 0.875. The summed E-state index contributed by atoms with van der Waals surface area (Å²) >= 11 is 0. The van der Waals surface area contributed by atoms with Crippen LogP contribution in [0.15, 0.2) is 0 Å². The van der Waals surface area contributed by atoms with Gasteiger partial charge in [-0.25, -0.2) is 0 Å². The molecule has 0 amide bonds.